The number of hydrogen-bond donors (Lipinski definition) is 1. The van der Waals surface area contributed by atoms with Crippen LogP contribution in [0.5, 0.6) is 0 Å². The number of benzene rings is 3. The molecule has 0 bridgehead atoms. The molecule has 1 amide bonds. The minimum atomic E-state index is -0.476. The van der Waals surface area contributed by atoms with Gasteiger partial charge in [0, 0.05) is 49.9 Å². The van der Waals surface area contributed by atoms with Gasteiger partial charge in [-0.1, -0.05) is 53.5 Å². The van der Waals surface area contributed by atoms with Crippen LogP contribution in [0.4, 0.5) is 10.1 Å². The monoisotopic (exact) mass is 540 g/mol. The molecule has 184 valence electrons. The van der Waals surface area contributed by atoms with Crippen LogP contribution in [0.2, 0.25) is 10.0 Å². The minimum Gasteiger partial charge on any atom is -0.336 e. The van der Waals surface area contributed by atoms with Gasteiger partial charge >= 0.3 is 0 Å². The summed E-state index contributed by atoms with van der Waals surface area (Å²) in [5.41, 5.74) is 2.46. The first-order valence-corrected chi connectivity index (χ1v) is 13.1. The van der Waals surface area contributed by atoms with Gasteiger partial charge in [-0.05, 0) is 53.9 Å². The summed E-state index contributed by atoms with van der Waals surface area (Å²) >= 11 is 13.7. The van der Waals surface area contributed by atoms with Gasteiger partial charge in [0.2, 0.25) is 0 Å². The van der Waals surface area contributed by atoms with Crippen LogP contribution in [0, 0.1) is 5.82 Å². The summed E-state index contributed by atoms with van der Waals surface area (Å²) in [6.45, 7) is 3.18. The normalized spacial score (nSPS) is 14.2. The molecule has 1 aliphatic heterocycles. The molecule has 9 heteroatoms. The summed E-state index contributed by atoms with van der Waals surface area (Å²) in [5, 5.41) is 2.12. The summed E-state index contributed by atoms with van der Waals surface area (Å²) in [5.74, 6) is -0.650. The third-order valence-electron chi connectivity index (χ3n) is 6.17. The largest absolute Gasteiger partial charge is 0.336 e. The number of anilines is 1. The Morgan fingerprint density at radius 2 is 1.78 bits per heavy atom. The number of carbonyl (C=O) groups excluding carboxylic acids is 1. The maximum atomic E-state index is 14.9. The van der Waals surface area contributed by atoms with E-state index in [9.17, 15) is 9.18 Å². The van der Waals surface area contributed by atoms with Crippen LogP contribution in [0.25, 0.3) is 10.9 Å². The van der Waals surface area contributed by atoms with Gasteiger partial charge in [-0.2, -0.15) is 0 Å². The summed E-state index contributed by atoms with van der Waals surface area (Å²) in [7, 11) is 0. The molecule has 4 aromatic rings. The Morgan fingerprint density at radius 3 is 2.58 bits per heavy atom. The second-order valence-corrected chi connectivity index (χ2v) is 10.1. The van der Waals surface area contributed by atoms with Gasteiger partial charge in [-0.25, -0.2) is 4.39 Å². The van der Waals surface area contributed by atoms with Gasteiger partial charge in [-0.15, -0.1) is 0 Å². The van der Waals surface area contributed by atoms with E-state index in [1.165, 1.54) is 18.0 Å². The second-order valence-electron chi connectivity index (χ2n) is 8.51. The smallest absolute Gasteiger partial charge is 0.254 e. The highest BCUT2D eigenvalue weighted by Crippen LogP contribution is 2.29. The summed E-state index contributed by atoms with van der Waals surface area (Å²) in [6.07, 6.45) is 1.74. The molecular weight excluding hydrogens is 518 g/mol. The Hall–Kier alpha value is -2.84. The number of nitrogens with zero attached hydrogens (tertiary/aromatic N) is 3. The zero-order valence-electron chi connectivity index (χ0n) is 19.3. The summed E-state index contributed by atoms with van der Waals surface area (Å²) in [4.78, 5) is 22.3. The number of aromatic nitrogens is 1. The molecule has 36 heavy (non-hydrogen) atoms. The van der Waals surface area contributed by atoms with Crippen molar-refractivity contribution in [1.82, 2.24) is 14.8 Å². The van der Waals surface area contributed by atoms with Crippen molar-refractivity contribution in [1.29, 1.82) is 0 Å². The van der Waals surface area contributed by atoms with Crippen molar-refractivity contribution >= 4 is 57.6 Å². The van der Waals surface area contributed by atoms with Crippen molar-refractivity contribution in [3.05, 3.63) is 99.9 Å². The predicted molar refractivity (Wildman–Crippen MR) is 145 cm³/mol. The average Bonchev–Trinajstić information content (AvgIpc) is 2.90. The number of para-hydroxylation sites is 1. The number of hydrogen-bond acceptors (Lipinski definition) is 5. The number of carbonyl (C=O) groups is 1. The van der Waals surface area contributed by atoms with Crippen LogP contribution < -0.4 is 4.72 Å². The first-order chi connectivity index (χ1) is 17.5. The van der Waals surface area contributed by atoms with Gasteiger partial charge in [-0.3, -0.25) is 14.7 Å². The molecule has 0 spiro atoms. The maximum absolute atomic E-state index is 14.9. The lowest BCUT2D eigenvalue weighted by atomic mass is 10.1. The molecule has 2 heterocycles. The SMILES string of the molecule is O=C(c1ccc(NSc2cccc3cccnc23)c(F)c1)N1CCN(Cc2cccc(Cl)c2Cl)CC1. The van der Waals surface area contributed by atoms with Crippen molar-refractivity contribution in [3.63, 3.8) is 0 Å². The summed E-state index contributed by atoms with van der Waals surface area (Å²) < 4.78 is 17.9. The Balaban J connectivity index is 1.19. The Morgan fingerprint density at radius 1 is 1.00 bits per heavy atom. The van der Waals surface area contributed by atoms with Crippen LogP contribution in [0.1, 0.15) is 15.9 Å². The lowest BCUT2D eigenvalue weighted by Gasteiger charge is -2.35. The number of halogens is 3. The fourth-order valence-corrected chi connectivity index (χ4v) is 5.38. The highest BCUT2D eigenvalue weighted by atomic mass is 35.5. The summed E-state index contributed by atoms with van der Waals surface area (Å²) in [6, 6.07) is 19.9. The number of fused-ring (bicyclic) bond motifs is 1. The number of nitrogens with one attached hydrogen (secondary N) is 1. The highest BCUT2D eigenvalue weighted by molar-refractivity contribution is 8.00. The van der Waals surface area contributed by atoms with Crippen LogP contribution in [0.3, 0.4) is 0 Å². The van der Waals surface area contributed by atoms with E-state index in [0.29, 0.717) is 54.0 Å². The van der Waals surface area contributed by atoms with Crippen molar-refractivity contribution < 1.29 is 9.18 Å². The van der Waals surface area contributed by atoms with Gasteiger partial charge in [0.25, 0.3) is 5.91 Å². The van der Waals surface area contributed by atoms with Crippen molar-refractivity contribution in [2.75, 3.05) is 30.9 Å². The molecule has 0 radical (unpaired) electrons. The molecule has 1 aliphatic rings. The quantitative estimate of drug-likeness (QED) is 0.274. The Labute approximate surface area is 223 Å². The number of amides is 1. The van der Waals surface area contributed by atoms with E-state index in [0.717, 1.165) is 21.4 Å². The molecular formula is C27H23Cl2FN4OS. The van der Waals surface area contributed by atoms with Crippen molar-refractivity contribution in [3.8, 4) is 0 Å². The zero-order chi connectivity index (χ0) is 25.1. The molecule has 5 rings (SSSR count). The van der Waals surface area contributed by atoms with E-state index >= 15 is 0 Å². The van der Waals surface area contributed by atoms with E-state index in [2.05, 4.69) is 14.6 Å². The van der Waals surface area contributed by atoms with E-state index in [1.54, 1.807) is 29.3 Å². The van der Waals surface area contributed by atoms with Crippen LogP contribution in [-0.4, -0.2) is 46.9 Å². The van der Waals surface area contributed by atoms with E-state index in [1.807, 2.05) is 42.5 Å². The first-order valence-electron chi connectivity index (χ1n) is 11.5. The Bertz CT molecular complexity index is 1410. The maximum Gasteiger partial charge on any atom is 0.254 e. The average molecular weight is 541 g/mol. The molecule has 0 saturated carbocycles. The third-order valence-corrected chi connectivity index (χ3v) is 7.90. The molecule has 0 unspecified atom stereocenters. The molecule has 5 nitrogen and oxygen atoms in total. The molecule has 0 aliphatic carbocycles. The van der Waals surface area contributed by atoms with Gasteiger partial charge < -0.3 is 9.62 Å². The van der Waals surface area contributed by atoms with Crippen LogP contribution >= 0.6 is 35.1 Å². The third kappa shape index (κ3) is 5.44. The predicted octanol–water partition coefficient (Wildman–Crippen LogP) is 6.76. The minimum absolute atomic E-state index is 0.174. The van der Waals surface area contributed by atoms with Crippen molar-refractivity contribution in [2.24, 2.45) is 0 Å². The lowest BCUT2D eigenvalue weighted by Crippen LogP contribution is -2.48. The zero-order valence-corrected chi connectivity index (χ0v) is 21.6. The van der Waals surface area contributed by atoms with Crippen molar-refractivity contribution in [2.45, 2.75) is 11.4 Å². The van der Waals surface area contributed by atoms with Gasteiger partial charge in [0.15, 0.2) is 0 Å². The van der Waals surface area contributed by atoms with E-state index in [-0.39, 0.29) is 5.91 Å². The number of piperazine rings is 1. The molecule has 1 N–H and O–H groups in total. The van der Waals surface area contributed by atoms with E-state index < -0.39 is 5.82 Å². The first kappa shape index (κ1) is 24.8. The fourth-order valence-electron chi connectivity index (χ4n) is 4.20. The number of pyridine rings is 1. The molecule has 3 aromatic carbocycles. The fraction of sp³-hybridized carbons (Fsp3) is 0.185. The Kier molecular flexibility index (Phi) is 7.62. The highest BCUT2D eigenvalue weighted by Gasteiger charge is 2.23. The van der Waals surface area contributed by atoms with E-state index in [4.69, 9.17) is 23.2 Å². The molecule has 1 aromatic heterocycles. The van der Waals surface area contributed by atoms with Crippen LogP contribution in [0.15, 0.2) is 77.8 Å². The lowest BCUT2D eigenvalue weighted by molar-refractivity contribution is 0.0628. The van der Waals surface area contributed by atoms with Crippen LogP contribution in [-0.2, 0) is 6.54 Å². The number of rotatable bonds is 6. The topological polar surface area (TPSA) is 48.5 Å². The molecule has 0 atom stereocenters. The molecule has 1 fully saturated rings. The standard InChI is InChI=1S/C27H23Cl2FN4OS/c28-21-7-1-5-20(25(21)29)17-33-12-14-34(15-13-33)27(35)19-9-10-23(22(30)16-19)32-36-24-8-2-4-18-6-3-11-31-26(18)24/h1-11,16,32H,12-15,17H2. The second kappa shape index (κ2) is 11.0. The van der Waals surface area contributed by atoms with Gasteiger partial charge in [0.05, 0.1) is 26.1 Å². The van der Waals surface area contributed by atoms with Gasteiger partial charge in [0.1, 0.15) is 5.82 Å². The molecule has 1 saturated heterocycles.